The van der Waals surface area contributed by atoms with Crippen molar-refractivity contribution in [3.63, 3.8) is 0 Å². The molecule has 0 radical (unpaired) electrons. The van der Waals surface area contributed by atoms with Crippen LogP contribution in [-0.2, 0) is 4.79 Å². The standard InChI is InChI=1S/C20H24N2O2/c1-2-24-18-12-10-16(11-13-18)19-9-6-14-22(19)15-20(23)21-17-7-4-3-5-8-17/h3-5,7-8,10-13,19H,2,6,9,14-15H2,1H3,(H,21,23)/t19-/m0/s1. The van der Waals surface area contributed by atoms with E-state index in [2.05, 4.69) is 22.3 Å². The minimum absolute atomic E-state index is 0.0408. The topological polar surface area (TPSA) is 41.6 Å². The van der Waals surface area contributed by atoms with Crippen LogP contribution in [0.15, 0.2) is 54.6 Å². The first-order valence-corrected chi connectivity index (χ1v) is 8.58. The third-order valence-corrected chi connectivity index (χ3v) is 4.34. The van der Waals surface area contributed by atoms with Crippen LogP contribution in [0.4, 0.5) is 5.69 Å². The van der Waals surface area contributed by atoms with E-state index in [1.807, 2.05) is 49.4 Å². The average molecular weight is 324 g/mol. The highest BCUT2D eigenvalue weighted by molar-refractivity contribution is 5.92. The van der Waals surface area contributed by atoms with Gasteiger partial charge in [0.15, 0.2) is 0 Å². The molecule has 1 fully saturated rings. The molecule has 0 bridgehead atoms. The number of para-hydroxylation sites is 1. The maximum atomic E-state index is 12.3. The number of likely N-dealkylation sites (tertiary alicyclic amines) is 1. The van der Waals surface area contributed by atoms with Crippen molar-refractivity contribution in [3.8, 4) is 5.75 Å². The molecule has 1 heterocycles. The fourth-order valence-corrected chi connectivity index (χ4v) is 3.25. The van der Waals surface area contributed by atoms with Gasteiger partial charge in [-0.15, -0.1) is 0 Å². The van der Waals surface area contributed by atoms with Crippen LogP contribution < -0.4 is 10.1 Å². The zero-order valence-corrected chi connectivity index (χ0v) is 14.1. The largest absolute Gasteiger partial charge is 0.494 e. The Bertz CT molecular complexity index is 655. The van der Waals surface area contributed by atoms with Crippen molar-refractivity contribution in [1.29, 1.82) is 0 Å². The van der Waals surface area contributed by atoms with Crippen LogP contribution in [0.25, 0.3) is 0 Å². The van der Waals surface area contributed by atoms with Gasteiger partial charge in [-0.3, -0.25) is 9.69 Å². The molecule has 0 saturated carbocycles. The summed E-state index contributed by atoms with van der Waals surface area (Å²) in [7, 11) is 0. The van der Waals surface area contributed by atoms with Gasteiger partial charge in [0.2, 0.25) is 5.91 Å². The molecule has 24 heavy (non-hydrogen) atoms. The van der Waals surface area contributed by atoms with Crippen LogP contribution in [0.3, 0.4) is 0 Å². The van der Waals surface area contributed by atoms with Gasteiger partial charge >= 0.3 is 0 Å². The molecular formula is C20H24N2O2. The van der Waals surface area contributed by atoms with Gasteiger partial charge in [-0.25, -0.2) is 0 Å². The fourth-order valence-electron chi connectivity index (χ4n) is 3.25. The molecule has 1 amide bonds. The molecule has 3 rings (SSSR count). The molecule has 0 unspecified atom stereocenters. The van der Waals surface area contributed by atoms with Crippen molar-refractivity contribution >= 4 is 11.6 Å². The molecule has 4 heteroatoms. The van der Waals surface area contributed by atoms with E-state index in [4.69, 9.17) is 4.74 Å². The molecule has 1 aliphatic heterocycles. The second kappa shape index (κ2) is 7.97. The Kier molecular flexibility index (Phi) is 5.49. The minimum Gasteiger partial charge on any atom is -0.494 e. The Morgan fingerprint density at radius 2 is 1.92 bits per heavy atom. The number of ether oxygens (including phenoxy) is 1. The third kappa shape index (κ3) is 4.15. The summed E-state index contributed by atoms with van der Waals surface area (Å²) in [5, 5.41) is 2.97. The van der Waals surface area contributed by atoms with Gasteiger partial charge in [0.1, 0.15) is 5.75 Å². The van der Waals surface area contributed by atoms with Crippen molar-refractivity contribution in [3.05, 3.63) is 60.2 Å². The highest BCUT2D eigenvalue weighted by Crippen LogP contribution is 2.32. The molecular weight excluding hydrogens is 300 g/mol. The predicted octanol–water partition coefficient (Wildman–Crippen LogP) is 3.86. The van der Waals surface area contributed by atoms with E-state index in [1.54, 1.807) is 0 Å². The van der Waals surface area contributed by atoms with E-state index in [0.29, 0.717) is 19.2 Å². The predicted molar refractivity (Wildman–Crippen MR) is 96.2 cm³/mol. The van der Waals surface area contributed by atoms with Crippen molar-refractivity contribution in [2.75, 3.05) is 25.0 Å². The third-order valence-electron chi connectivity index (χ3n) is 4.34. The van der Waals surface area contributed by atoms with Crippen LogP contribution in [-0.4, -0.2) is 30.5 Å². The summed E-state index contributed by atoms with van der Waals surface area (Å²) in [6.45, 7) is 4.04. The van der Waals surface area contributed by atoms with E-state index in [9.17, 15) is 4.79 Å². The number of nitrogens with one attached hydrogen (secondary N) is 1. The Morgan fingerprint density at radius 1 is 1.17 bits per heavy atom. The summed E-state index contributed by atoms with van der Waals surface area (Å²) in [6.07, 6.45) is 2.21. The molecule has 1 aliphatic rings. The SMILES string of the molecule is CCOc1ccc([C@@H]2CCCN2CC(=O)Nc2ccccc2)cc1. The molecule has 0 aliphatic carbocycles. The molecule has 1 saturated heterocycles. The second-order valence-electron chi connectivity index (χ2n) is 6.04. The molecule has 4 nitrogen and oxygen atoms in total. The van der Waals surface area contributed by atoms with Crippen molar-refractivity contribution in [2.24, 2.45) is 0 Å². The van der Waals surface area contributed by atoms with Gasteiger partial charge < -0.3 is 10.1 Å². The first-order valence-electron chi connectivity index (χ1n) is 8.58. The first-order chi connectivity index (χ1) is 11.8. The van der Waals surface area contributed by atoms with E-state index in [0.717, 1.165) is 30.8 Å². The van der Waals surface area contributed by atoms with Crippen LogP contribution in [0, 0.1) is 0 Å². The Morgan fingerprint density at radius 3 is 2.62 bits per heavy atom. The van der Waals surface area contributed by atoms with Crippen LogP contribution in [0.5, 0.6) is 5.75 Å². The van der Waals surface area contributed by atoms with Crippen LogP contribution >= 0.6 is 0 Å². The molecule has 126 valence electrons. The van der Waals surface area contributed by atoms with Crippen LogP contribution in [0.1, 0.15) is 31.4 Å². The smallest absolute Gasteiger partial charge is 0.238 e. The molecule has 1 atom stereocenters. The maximum absolute atomic E-state index is 12.3. The number of rotatable bonds is 6. The lowest BCUT2D eigenvalue weighted by molar-refractivity contribution is -0.117. The number of carbonyl (C=O) groups is 1. The van der Waals surface area contributed by atoms with Crippen molar-refractivity contribution in [2.45, 2.75) is 25.8 Å². The Balaban J connectivity index is 1.61. The minimum atomic E-state index is 0.0408. The fraction of sp³-hybridized carbons (Fsp3) is 0.350. The lowest BCUT2D eigenvalue weighted by atomic mass is 10.0. The summed E-state index contributed by atoms with van der Waals surface area (Å²) in [5.41, 5.74) is 2.10. The van der Waals surface area contributed by atoms with Gasteiger partial charge in [-0.2, -0.15) is 0 Å². The van der Waals surface area contributed by atoms with E-state index in [1.165, 1.54) is 5.56 Å². The van der Waals surface area contributed by atoms with E-state index >= 15 is 0 Å². The summed E-state index contributed by atoms with van der Waals surface area (Å²) in [4.78, 5) is 14.6. The number of benzene rings is 2. The molecule has 2 aromatic carbocycles. The summed E-state index contributed by atoms with van der Waals surface area (Å²) in [5.74, 6) is 0.937. The second-order valence-corrected chi connectivity index (χ2v) is 6.04. The van der Waals surface area contributed by atoms with Gasteiger partial charge in [-0.05, 0) is 56.1 Å². The summed E-state index contributed by atoms with van der Waals surface area (Å²) < 4.78 is 5.50. The maximum Gasteiger partial charge on any atom is 0.238 e. The summed E-state index contributed by atoms with van der Waals surface area (Å²) in [6, 6.07) is 18.2. The van der Waals surface area contributed by atoms with Gasteiger partial charge in [0.25, 0.3) is 0 Å². The Hall–Kier alpha value is -2.33. The molecule has 1 N–H and O–H groups in total. The van der Waals surface area contributed by atoms with E-state index in [-0.39, 0.29) is 5.91 Å². The number of carbonyl (C=O) groups excluding carboxylic acids is 1. The zero-order chi connectivity index (χ0) is 16.8. The Labute approximate surface area is 143 Å². The average Bonchev–Trinajstić information content (AvgIpc) is 3.05. The number of hydrogen-bond donors (Lipinski definition) is 1. The number of nitrogens with zero attached hydrogens (tertiary/aromatic N) is 1. The highest BCUT2D eigenvalue weighted by Gasteiger charge is 2.27. The van der Waals surface area contributed by atoms with Crippen molar-refractivity contribution in [1.82, 2.24) is 4.90 Å². The quantitative estimate of drug-likeness (QED) is 0.877. The first kappa shape index (κ1) is 16.5. The monoisotopic (exact) mass is 324 g/mol. The highest BCUT2D eigenvalue weighted by atomic mass is 16.5. The van der Waals surface area contributed by atoms with Crippen LogP contribution in [0.2, 0.25) is 0 Å². The summed E-state index contributed by atoms with van der Waals surface area (Å²) >= 11 is 0. The van der Waals surface area contributed by atoms with Gasteiger partial charge in [0, 0.05) is 11.7 Å². The molecule has 0 aromatic heterocycles. The van der Waals surface area contributed by atoms with E-state index < -0.39 is 0 Å². The normalized spacial score (nSPS) is 17.6. The number of hydrogen-bond acceptors (Lipinski definition) is 3. The number of anilines is 1. The van der Waals surface area contributed by atoms with Gasteiger partial charge in [0.05, 0.1) is 13.2 Å². The lowest BCUT2D eigenvalue weighted by Crippen LogP contribution is -2.32. The van der Waals surface area contributed by atoms with Gasteiger partial charge in [-0.1, -0.05) is 30.3 Å². The molecule has 2 aromatic rings. The zero-order valence-electron chi connectivity index (χ0n) is 14.1. The van der Waals surface area contributed by atoms with Crippen molar-refractivity contribution < 1.29 is 9.53 Å². The molecule has 0 spiro atoms. The lowest BCUT2D eigenvalue weighted by Gasteiger charge is -2.24. The number of amides is 1.